The van der Waals surface area contributed by atoms with Crippen molar-refractivity contribution in [3.8, 4) is 0 Å². The quantitative estimate of drug-likeness (QED) is 0.445. The third-order valence-electron chi connectivity index (χ3n) is 3.46. The lowest BCUT2D eigenvalue weighted by atomic mass is 10.5. The maximum atomic E-state index is 8.87. The van der Waals surface area contributed by atoms with Gasteiger partial charge in [0.2, 0.25) is 0 Å². The average molecular weight is 341 g/mol. The molecule has 1 aliphatic rings. The zero-order chi connectivity index (χ0) is 15.6. The second-order valence-electron chi connectivity index (χ2n) is 4.81. The van der Waals surface area contributed by atoms with Crippen LogP contribution in [0.4, 0.5) is 0 Å². The monoisotopic (exact) mass is 340 g/mol. The molecular formula is C12H28O7Si2. The summed E-state index contributed by atoms with van der Waals surface area (Å²) >= 11 is 0. The van der Waals surface area contributed by atoms with Gasteiger partial charge in [-0.15, -0.1) is 0 Å². The average Bonchev–Trinajstić information content (AvgIpc) is 2.53. The molecule has 126 valence electrons. The summed E-state index contributed by atoms with van der Waals surface area (Å²) in [6.07, 6.45) is 2.28. The number of rotatable bonds is 11. The van der Waals surface area contributed by atoms with Crippen LogP contribution in [0.5, 0.6) is 0 Å². The van der Waals surface area contributed by atoms with Gasteiger partial charge in [0.15, 0.2) is 0 Å². The normalized spacial score (nSPS) is 18.9. The first kappa shape index (κ1) is 19.2. The van der Waals surface area contributed by atoms with Crippen molar-refractivity contribution in [2.75, 3.05) is 47.8 Å². The Bertz CT molecular complexity index is 262. The smallest absolute Gasteiger partial charge is 0.396 e. The van der Waals surface area contributed by atoms with Gasteiger partial charge in [0.25, 0.3) is 0 Å². The summed E-state index contributed by atoms with van der Waals surface area (Å²) in [6.45, 7) is 1.92. The maximum Gasteiger partial charge on any atom is 0.500 e. The highest BCUT2D eigenvalue weighted by molar-refractivity contribution is 6.62. The minimum absolute atomic E-state index is 0.109. The van der Waals surface area contributed by atoms with Gasteiger partial charge in [0.1, 0.15) is 0 Å². The Morgan fingerprint density at radius 1 is 1.05 bits per heavy atom. The van der Waals surface area contributed by atoms with Crippen LogP contribution in [-0.4, -0.2) is 70.5 Å². The van der Waals surface area contributed by atoms with Crippen molar-refractivity contribution in [3.05, 3.63) is 0 Å². The van der Waals surface area contributed by atoms with Crippen LogP contribution >= 0.6 is 0 Å². The molecule has 1 rings (SSSR count). The zero-order valence-corrected chi connectivity index (χ0v) is 15.3. The van der Waals surface area contributed by atoms with Crippen LogP contribution in [-0.2, 0) is 26.6 Å². The summed E-state index contributed by atoms with van der Waals surface area (Å²) in [6, 6.07) is 1.41. The predicted molar refractivity (Wildman–Crippen MR) is 80.9 cm³/mol. The molecule has 1 heterocycles. The molecule has 1 saturated heterocycles. The second kappa shape index (κ2) is 10.0. The van der Waals surface area contributed by atoms with Gasteiger partial charge < -0.3 is 31.7 Å². The predicted octanol–water partition coefficient (Wildman–Crippen LogP) is 1.03. The Hall–Kier alpha value is 0.154. The molecule has 0 bridgehead atoms. The number of aliphatic hydroxyl groups excluding tert-OH is 1. The third-order valence-corrected chi connectivity index (χ3v) is 9.19. The first-order valence-electron chi connectivity index (χ1n) is 7.34. The number of aliphatic hydroxyl groups is 1. The Balaban J connectivity index is 2.48. The molecule has 0 aromatic heterocycles. The van der Waals surface area contributed by atoms with E-state index in [9.17, 15) is 0 Å². The summed E-state index contributed by atoms with van der Waals surface area (Å²) in [5.41, 5.74) is 0. The van der Waals surface area contributed by atoms with Crippen LogP contribution in [0.25, 0.3) is 0 Å². The van der Waals surface area contributed by atoms with E-state index >= 15 is 0 Å². The Morgan fingerprint density at radius 2 is 1.67 bits per heavy atom. The summed E-state index contributed by atoms with van der Waals surface area (Å²) in [5, 5.41) is 8.87. The van der Waals surface area contributed by atoms with Crippen LogP contribution in [0, 0.1) is 0 Å². The summed E-state index contributed by atoms with van der Waals surface area (Å²) < 4.78 is 33.8. The van der Waals surface area contributed by atoms with Crippen molar-refractivity contribution in [1.29, 1.82) is 0 Å². The lowest BCUT2D eigenvalue weighted by Crippen LogP contribution is -2.50. The molecule has 7 nitrogen and oxygen atoms in total. The highest BCUT2D eigenvalue weighted by Crippen LogP contribution is 2.26. The third kappa shape index (κ3) is 6.04. The van der Waals surface area contributed by atoms with E-state index in [1.54, 1.807) is 21.3 Å². The molecule has 0 atom stereocenters. The minimum Gasteiger partial charge on any atom is -0.396 e. The van der Waals surface area contributed by atoms with Gasteiger partial charge in [-0.25, -0.2) is 0 Å². The van der Waals surface area contributed by atoms with E-state index in [2.05, 4.69) is 0 Å². The Morgan fingerprint density at radius 3 is 2.19 bits per heavy atom. The van der Waals surface area contributed by atoms with E-state index in [-0.39, 0.29) is 6.61 Å². The maximum absolute atomic E-state index is 8.87. The van der Waals surface area contributed by atoms with Gasteiger partial charge in [0.05, 0.1) is 0 Å². The zero-order valence-electron chi connectivity index (χ0n) is 13.3. The van der Waals surface area contributed by atoms with Crippen molar-refractivity contribution in [2.45, 2.75) is 31.4 Å². The molecule has 1 aliphatic heterocycles. The molecule has 0 saturated carbocycles. The van der Waals surface area contributed by atoms with E-state index in [1.807, 2.05) is 0 Å². The minimum atomic E-state index is -2.61. The van der Waals surface area contributed by atoms with E-state index in [0.717, 1.165) is 12.8 Å². The fourth-order valence-corrected chi connectivity index (χ4v) is 6.96. The highest BCUT2D eigenvalue weighted by atomic mass is 28.4. The summed E-state index contributed by atoms with van der Waals surface area (Å²) in [4.78, 5) is 0. The molecule has 0 aromatic rings. The molecule has 0 spiro atoms. The number of hydrogen-bond acceptors (Lipinski definition) is 7. The van der Waals surface area contributed by atoms with Gasteiger partial charge in [-0.3, -0.25) is 0 Å². The molecule has 9 heteroatoms. The van der Waals surface area contributed by atoms with Crippen LogP contribution in [0.1, 0.15) is 19.3 Å². The molecule has 21 heavy (non-hydrogen) atoms. The summed E-state index contributed by atoms with van der Waals surface area (Å²) in [7, 11) is -0.344. The first-order valence-corrected chi connectivity index (χ1v) is 11.2. The van der Waals surface area contributed by atoms with Crippen molar-refractivity contribution in [1.82, 2.24) is 0 Å². The van der Waals surface area contributed by atoms with Gasteiger partial charge in [-0.1, -0.05) is 0 Å². The molecule has 0 radical (unpaired) electrons. The standard InChI is InChI=1S/C12H28O7Si2/c1-14-20(15-2,16-3)11-6-12-21(17-8-4-7-13)18-9-5-10-19-21/h13H,4-12H2,1-3H3. The van der Waals surface area contributed by atoms with Gasteiger partial charge in [-0.05, 0) is 19.3 Å². The molecule has 1 fully saturated rings. The van der Waals surface area contributed by atoms with Gasteiger partial charge >= 0.3 is 17.6 Å². The largest absolute Gasteiger partial charge is 0.500 e. The van der Waals surface area contributed by atoms with E-state index in [1.165, 1.54) is 0 Å². The van der Waals surface area contributed by atoms with Crippen molar-refractivity contribution in [3.63, 3.8) is 0 Å². The van der Waals surface area contributed by atoms with Gasteiger partial charge in [0, 0.05) is 59.8 Å². The molecule has 0 unspecified atom stereocenters. The van der Waals surface area contributed by atoms with Crippen LogP contribution in [0.15, 0.2) is 0 Å². The van der Waals surface area contributed by atoms with E-state index in [0.29, 0.717) is 38.3 Å². The lowest BCUT2D eigenvalue weighted by molar-refractivity contribution is 0.0189. The second-order valence-corrected chi connectivity index (χ2v) is 10.6. The first-order chi connectivity index (χ1) is 10.2. The molecule has 0 aromatic carbocycles. The molecule has 1 N–H and O–H groups in total. The van der Waals surface area contributed by atoms with Crippen LogP contribution < -0.4 is 0 Å². The fraction of sp³-hybridized carbons (Fsp3) is 1.00. The van der Waals surface area contributed by atoms with E-state index in [4.69, 9.17) is 31.7 Å². The highest BCUT2D eigenvalue weighted by Gasteiger charge is 2.45. The molecule has 0 aliphatic carbocycles. The SMILES string of the molecule is CO[Si](CCC[Si]1(OCCCO)OCCCO1)(OC)OC. The Labute approximate surface area is 129 Å². The van der Waals surface area contributed by atoms with Crippen molar-refractivity contribution in [2.24, 2.45) is 0 Å². The summed E-state index contributed by atoms with van der Waals surface area (Å²) in [5.74, 6) is 0. The van der Waals surface area contributed by atoms with Crippen molar-refractivity contribution >= 4 is 17.6 Å². The lowest BCUT2D eigenvalue weighted by Gasteiger charge is -2.34. The van der Waals surface area contributed by atoms with E-state index < -0.39 is 17.6 Å². The van der Waals surface area contributed by atoms with Crippen LogP contribution in [0.3, 0.4) is 0 Å². The topological polar surface area (TPSA) is 75.6 Å². The van der Waals surface area contributed by atoms with Crippen molar-refractivity contribution < 1.29 is 31.7 Å². The van der Waals surface area contributed by atoms with Crippen LogP contribution in [0.2, 0.25) is 12.1 Å². The molecule has 0 amide bonds. The molecular weight excluding hydrogens is 312 g/mol. The Kier molecular flexibility index (Phi) is 9.17. The fourth-order valence-electron chi connectivity index (χ4n) is 2.23. The number of hydrogen-bond donors (Lipinski definition) is 1. The van der Waals surface area contributed by atoms with Gasteiger partial charge in [-0.2, -0.15) is 0 Å².